The molecule has 1 aliphatic heterocycles. The number of carbonyl (C=O) groups is 3. The number of carboxylic acid groups (broad SMARTS) is 1. The average molecular weight is 409 g/mol. The van der Waals surface area contributed by atoms with Crippen LogP contribution in [0.15, 0.2) is 44.9 Å². The molecule has 1 saturated heterocycles. The number of urea groups is 1. The van der Waals surface area contributed by atoms with E-state index in [4.69, 9.17) is 9.52 Å². The van der Waals surface area contributed by atoms with Gasteiger partial charge >= 0.3 is 12.0 Å². The molecule has 3 amide bonds. The molecule has 0 aliphatic carbocycles. The van der Waals surface area contributed by atoms with E-state index in [2.05, 4.69) is 21.2 Å². The molecule has 1 fully saturated rings. The van der Waals surface area contributed by atoms with Gasteiger partial charge in [0.25, 0.3) is 5.91 Å². The van der Waals surface area contributed by atoms with E-state index in [0.29, 0.717) is 9.37 Å². The van der Waals surface area contributed by atoms with Crippen molar-refractivity contribution < 1.29 is 28.3 Å². The SMILES string of the molecule is O=C(O)CN1C(=O)NC(=Cc2ccc(-c3ccc(Br)cc3F)o2)C1=O. The minimum Gasteiger partial charge on any atom is -0.480 e. The van der Waals surface area contributed by atoms with Crippen LogP contribution < -0.4 is 5.32 Å². The highest BCUT2D eigenvalue weighted by Gasteiger charge is 2.35. The van der Waals surface area contributed by atoms with Crippen LogP contribution in [0.3, 0.4) is 0 Å². The van der Waals surface area contributed by atoms with Crippen molar-refractivity contribution in [2.24, 2.45) is 0 Å². The van der Waals surface area contributed by atoms with Crippen LogP contribution in [-0.4, -0.2) is 34.5 Å². The average Bonchev–Trinajstić information content (AvgIpc) is 3.08. The molecule has 128 valence electrons. The number of aliphatic carboxylic acids is 1. The second-order valence-corrected chi connectivity index (χ2v) is 6.02. The van der Waals surface area contributed by atoms with Crippen molar-refractivity contribution in [2.45, 2.75) is 0 Å². The van der Waals surface area contributed by atoms with Gasteiger partial charge in [0.05, 0.1) is 5.56 Å². The van der Waals surface area contributed by atoms with E-state index in [1.165, 1.54) is 30.3 Å². The minimum atomic E-state index is -1.31. The minimum absolute atomic E-state index is 0.122. The van der Waals surface area contributed by atoms with Crippen molar-refractivity contribution in [3.63, 3.8) is 0 Å². The van der Waals surface area contributed by atoms with Gasteiger partial charge in [-0.1, -0.05) is 15.9 Å². The number of furan rings is 1. The molecule has 7 nitrogen and oxygen atoms in total. The number of nitrogens with one attached hydrogen (secondary N) is 1. The number of hydrogen-bond acceptors (Lipinski definition) is 4. The predicted octanol–water partition coefficient (Wildman–Crippen LogP) is 2.83. The summed E-state index contributed by atoms with van der Waals surface area (Å²) in [5, 5.41) is 11.0. The number of halogens is 2. The number of rotatable bonds is 4. The zero-order valence-corrected chi connectivity index (χ0v) is 14.0. The van der Waals surface area contributed by atoms with Crippen molar-refractivity contribution in [1.29, 1.82) is 0 Å². The van der Waals surface area contributed by atoms with Crippen LogP contribution in [-0.2, 0) is 9.59 Å². The summed E-state index contributed by atoms with van der Waals surface area (Å²) in [5.41, 5.74) is 0.116. The molecule has 1 aromatic carbocycles. The van der Waals surface area contributed by atoms with Gasteiger partial charge in [-0.2, -0.15) is 0 Å². The summed E-state index contributed by atoms with van der Waals surface area (Å²) in [6, 6.07) is 6.68. The van der Waals surface area contributed by atoms with Crippen molar-refractivity contribution in [2.75, 3.05) is 6.54 Å². The molecule has 2 heterocycles. The first-order chi connectivity index (χ1) is 11.8. The number of nitrogens with zero attached hydrogens (tertiary/aromatic N) is 1. The van der Waals surface area contributed by atoms with E-state index in [0.717, 1.165) is 0 Å². The molecule has 0 unspecified atom stereocenters. The number of amides is 3. The summed E-state index contributed by atoms with van der Waals surface area (Å²) in [7, 11) is 0. The Balaban J connectivity index is 1.86. The highest BCUT2D eigenvalue weighted by atomic mass is 79.9. The number of benzene rings is 1. The van der Waals surface area contributed by atoms with E-state index in [1.807, 2.05) is 0 Å². The number of hydrogen-bond donors (Lipinski definition) is 2. The zero-order valence-electron chi connectivity index (χ0n) is 12.5. The van der Waals surface area contributed by atoms with Crippen molar-refractivity contribution in [1.82, 2.24) is 10.2 Å². The molecule has 0 spiro atoms. The van der Waals surface area contributed by atoms with Gasteiger partial charge in [-0.05, 0) is 30.3 Å². The smallest absolute Gasteiger partial charge is 0.329 e. The van der Waals surface area contributed by atoms with Crippen LogP contribution in [0.2, 0.25) is 0 Å². The van der Waals surface area contributed by atoms with Crippen LogP contribution in [0.1, 0.15) is 5.76 Å². The van der Waals surface area contributed by atoms with Crippen molar-refractivity contribution >= 4 is 39.9 Å². The first kappa shape index (κ1) is 16.9. The van der Waals surface area contributed by atoms with Gasteiger partial charge in [-0.3, -0.25) is 9.59 Å². The second-order valence-electron chi connectivity index (χ2n) is 5.10. The molecule has 0 bridgehead atoms. The highest BCUT2D eigenvalue weighted by molar-refractivity contribution is 9.10. The molecular formula is C16H10BrFN2O5. The Hall–Kier alpha value is -2.94. The van der Waals surface area contributed by atoms with Crippen LogP contribution in [0.5, 0.6) is 0 Å². The molecule has 25 heavy (non-hydrogen) atoms. The van der Waals surface area contributed by atoms with Gasteiger partial charge < -0.3 is 14.8 Å². The van der Waals surface area contributed by atoms with Gasteiger partial charge in [0.2, 0.25) is 0 Å². The van der Waals surface area contributed by atoms with E-state index in [-0.39, 0.29) is 22.8 Å². The lowest BCUT2D eigenvalue weighted by Crippen LogP contribution is -2.35. The van der Waals surface area contributed by atoms with Crippen LogP contribution in [0.4, 0.5) is 9.18 Å². The van der Waals surface area contributed by atoms with Crippen molar-refractivity contribution in [3.05, 3.63) is 52.1 Å². The van der Waals surface area contributed by atoms with E-state index in [9.17, 15) is 18.8 Å². The Morgan fingerprint density at radius 3 is 2.76 bits per heavy atom. The van der Waals surface area contributed by atoms with Gasteiger partial charge in [0.15, 0.2) is 0 Å². The highest BCUT2D eigenvalue weighted by Crippen LogP contribution is 2.28. The van der Waals surface area contributed by atoms with Crippen molar-refractivity contribution in [3.8, 4) is 11.3 Å². The van der Waals surface area contributed by atoms with Crippen LogP contribution in [0, 0.1) is 5.82 Å². The topological polar surface area (TPSA) is 99.8 Å². The fourth-order valence-electron chi connectivity index (χ4n) is 2.26. The summed E-state index contributed by atoms with van der Waals surface area (Å²) in [5.74, 6) is -2.12. The number of imide groups is 1. The van der Waals surface area contributed by atoms with Gasteiger partial charge in [-0.15, -0.1) is 0 Å². The summed E-state index contributed by atoms with van der Waals surface area (Å²) in [6.45, 7) is -0.741. The maximum Gasteiger partial charge on any atom is 0.329 e. The second kappa shape index (κ2) is 6.52. The number of carbonyl (C=O) groups excluding carboxylic acids is 2. The zero-order chi connectivity index (χ0) is 18.1. The van der Waals surface area contributed by atoms with Gasteiger partial charge in [0, 0.05) is 10.5 Å². The molecule has 2 N–H and O–H groups in total. The summed E-state index contributed by atoms with van der Waals surface area (Å²) in [4.78, 5) is 34.9. The molecule has 2 aromatic rings. The van der Waals surface area contributed by atoms with Gasteiger partial charge in [0.1, 0.15) is 29.6 Å². The molecular weight excluding hydrogens is 399 g/mol. The van der Waals surface area contributed by atoms with Gasteiger partial charge in [-0.25, -0.2) is 14.1 Å². The molecule has 1 aliphatic rings. The maximum atomic E-state index is 14.0. The van der Waals surface area contributed by atoms with Crippen LogP contribution in [0.25, 0.3) is 17.4 Å². The van der Waals surface area contributed by atoms with E-state index >= 15 is 0 Å². The Morgan fingerprint density at radius 2 is 2.08 bits per heavy atom. The monoisotopic (exact) mass is 408 g/mol. The molecule has 0 saturated carbocycles. The third kappa shape index (κ3) is 3.45. The Labute approximate surface area is 148 Å². The fraction of sp³-hybridized carbons (Fsp3) is 0.0625. The lowest BCUT2D eigenvalue weighted by molar-refractivity contribution is -0.140. The summed E-state index contributed by atoms with van der Waals surface area (Å²) in [6.07, 6.45) is 1.25. The predicted molar refractivity (Wildman–Crippen MR) is 87.7 cm³/mol. The summed E-state index contributed by atoms with van der Waals surface area (Å²) >= 11 is 3.16. The Morgan fingerprint density at radius 1 is 1.32 bits per heavy atom. The Kier molecular flexibility index (Phi) is 4.41. The first-order valence-electron chi connectivity index (χ1n) is 6.97. The molecule has 0 radical (unpaired) electrons. The Bertz CT molecular complexity index is 921. The first-order valence-corrected chi connectivity index (χ1v) is 7.76. The van der Waals surface area contributed by atoms with E-state index < -0.39 is 30.3 Å². The van der Waals surface area contributed by atoms with Crippen LogP contribution >= 0.6 is 15.9 Å². The largest absolute Gasteiger partial charge is 0.480 e. The maximum absolute atomic E-state index is 14.0. The molecule has 9 heteroatoms. The third-order valence-corrected chi connectivity index (χ3v) is 3.86. The molecule has 0 atom stereocenters. The standard InChI is InChI=1S/C16H10BrFN2O5/c17-8-1-3-10(11(18)5-8)13-4-2-9(25-13)6-12-15(23)20(7-14(21)22)16(24)19-12/h1-6H,7H2,(H,19,24)(H,21,22). The normalized spacial score (nSPS) is 15.8. The molecule has 3 rings (SSSR count). The molecule has 1 aromatic heterocycles. The lowest BCUT2D eigenvalue weighted by Gasteiger charge is -2.06. The third-order valence-electron chi connectivity index (χ3n) is 3.37. The lowest BCUT2D eigenvalue weighted by atomic mass is 10.1. The quantitative estimate of drug-likeness (QED) is 0.598. The number of carboxylic acids is 1. The fourth-order valence-corrected chi connectivity index (χ4v) is 2.59. The summed E-state index contributed by atoms with van der Waals surface area (Å²) < 4.78 is 20.0. The van der Waals surface area contributed by atoms with E-state index in [1.54, 1.807) is 6.07 Å².